The molecule has 0 atom stereocenters. The maximum absolute atomic E-state index is 12.4. The van der Waals surface area contributed by atoms with E-state index in [9.17, 15) is 4.79 Å². The Hall–Kier alpha value is -3.17. The lowest BCUT2D eigenvalue weighted by atomic mass is 10.1. The third-order valence-corrected chi connectivity index (χ3v) is 5.20. The molecule has 0 aliphatic carbocycles. The van der Waals surface area contributed by atoms with Gasteiger partial charge in [0.25, 0.3) is 5.56 Å². The molecule has 0 bridgehead atoms. The number of hydrogen-bond acceptors (Lipinski definition) is 5. The average Bonchev–Trinajstić information content (AvgIpc) is 2.69. The fraction of sp³-hybridized carbons (Fsp3) is 0.318. The van der Waals surface area contributed by atoms with Crippen molar-refractivity contribution in [3.8, 4) is 11.8 Å². The highest BCUT2D eigenvalue weighted by molar-refractivity contribution is 5.75. The van der Waals surface area contributed by atoms with Crippen LogP contribution in [0.3, 0.4) is 0 Å². The Morgan fingerprint density at radius 2 is 2.00 bits per heavy atom. The third kappa shape index (κ3) is 3.49. The predicted molar refractivity (Wildman–Crippen MR) is 107 cm³/mol. The average molecular weight is 374 g/mol. The van der Waals surface area contributed by atoms with E-state index in [1.807, 2.05) is 31.3 Å². The second kappa shape index (κ2) is 7.45. The van der Waals surface area contributed by atoms with Crippen LogP contribution in [-0.4, -0.2) is 33.6 Å². The summed E-state index contributed by atoms with van der Waals surface area (Å²) in [7, 11) is 1.81. The molecule has 1 fully saturated rings. The Balaban J connectivity index is 1.40. The van der Waals surface area contributed by atoms with Crippen molar-refractivity contribution in [2.75, 3.05) is 13.1 Å². The summed E-state index contributed by atoms with van der Waals surface area (Å²) in [6.07, 6.45) is 2.75. The van der Waals surface area contributed by atoms with Crippen molar-refractivity contribution in [1.29, 1.82) is 5.26 Å². The lowest BCUT2D eigenvalue weighted by Crippen LogP contribution is -2.53. The third-order valence-electron chi connectivity index (χ3n) is 5.20. The van der Waals surface area contributed by atoms with Gasteiger partial charge < -0.3 is 9.30 Å². The van der Waals surface area contributed by atoms with E-state index < -0.39 is 0 Å². The summed E-state index contributed by atoms with van der Waals surface area (Å²) in [5.74, 6) is 0.790. The van der Waals surface area contributed by atoms with Crippen molar-refractivity contribution in [3.05, 3.63) is 69.6 Å². The molecule has 142 valence electrons. The number of likely N-dealkylation sites (tertiary alicyclic amines) is 1. The highest BCUT2D eigenvalue weighted by atomic mass is 16.5. The number of aryl methyl sites for hydroxylation is 2. The standard InChI is InChI=1S/C22H22N4O2/c1-3-17-9-20-21(25(2)22(17)27)8-16(11-24-20)12-26-13-19(14-26)28-18-6-4-15(10-23)5-7-18/h4-9,11,19H,3,12-14H2,1-2H3. The number of hydrogen-bond donors (Lipinski definition) is 0. The van der Waals surface area contributed by atoms with Gasteiger partial charge in [-0.2, -0.15) is 5.26 Å². The lowest BCUT2D eigenvalue weighted by molar-refractivity contribution is 0.0145. The van der Waals surface area contributed by atoms with Gasteiger partial charge in [-0.1, -0.05) is 6.92 Å². The second-order valence-corrected chi connectivity index (χ2v) is 7.21. The molecule has 1 aliphatic heterocycles. The van der Waals surface area contributed by atoms with Crippen molar-refractivity contribution < 1.29 is 4.74 Å². The largest absolute Gasteiger partial charge is 0.488 e. The first-order valence-electron chi connectivity index (χ1n) is 9.44. The molecule has 3 aromatic rings. The van der Waals surface area contributed by atoms with E-state index in [0.29, 0.717) is 12.0 Å². The first kappa shape index (κ1) is 18.2. The Kier molecular flexibility index (Phi) is 4.84. The second-order valence-electron chi connectivity index (χ2n) is 7.21. The summed E-state index contributed by atoms with van der Waals surface area (Å²) in [5.41, 5.74) is 4.28. The maximum atomic E-state index is 12.4. The van der Waals surface area contributed by atoms with Crippen LogP contribution in [0.1, 0.15) is 23.6 Å². The summed E-state index contributed by atoms with van der Waals surface area (Å²) < 4.78 is 7.63. The van der Waals surface area contributed by atoms with Gasteiger partial charge >= 0.3 is 0 Å². The van der Waals surface area contributed by atoms with Gasteiger partial charge in [-0.05, 0) is 48.4 Å². The molecule has 0 amide bonds. The van der Waals surface area contributed by atoms with Gasteiger partial charge in [-0.25, -0.2) is 0 Å². The normalized spacial score (nSPS) is 14.6. The zero-order chi connectivity index (χ0) is 19.7. The Morgan fingerprint density at radius 3 is 2.68 bits per heavy atom. The van der Waals surface area contributed by atoms with Gasteiger partial charge in [-0.15, -0.1) is 0 Å². The van der Waals surface area contributed by atoms with Crippen LogP contribution in [0.2, 0.25) is 0 Å². The number of benzene rings is 1. The van der Waals surface area contributed by atoms with Crippen molar-refractivity contribution in [2.24, 2.45) is 7.05 Å². The highest BCUT2D eigenvalue weighted by Crippen LogP contribution is 2.21. The van der Waals surface area contributed by atoms with Crippen LogP contribution in [0.4, 0.5) is 0 Å². The molecule has 0 N–H and O–H groups in total. The van der Waals surface area contributed by atoms with E-state index in [1.54, 1.807) is 23.7 Å². The predicted octanol–water partition coefficient (Wildman–Crippen LogP) is 2.63. The van der Waals surface area contributed by atoms with Crippen LogP contribution in [0, 0.1) is 11.3 Å². The fourth-order valence-corrected chi connectivity index (χ4v) is 3.56. The Bertz CT molecular complexity index is 1110. The Morgan fingerprint density at radius 1 is 1.25 bits per heavy atom. The minimum absolute atomic E-state index is 0.0498. The fourth-order valence-electron chi connectivity index (χ4n) is 3.56. The number of rotatable bonds is 5. The summed E-state index contributed by atoms with van der Waals surface area (Å²) in [5, 5.41) is 8.85. The van der Waals surface area contributed by atoms with Gasteiger partial charge in [0.2, 0.25) is 0 Å². The maximum Gasteiger partial charge on any atom is 0.254 e. The van der Waals surface area contributed by atoms with Crippen LogP contribution >= 0.6 is 0 Å². The molecule has 1 aliphatic rings. The molecule has 0 spiro atoms. The number of nitriles is 1. The van der Waals surface area contributed by atoms with Crippen molar-refractivity contribution in [3.63, 3.8) is 0 Å². The van der Waals surface area contributed by atoms with Crippen molar-refractivity contribution in [2.45, 2.75) is 26.0 Å². The molecule has 6 nitrogen and oxygen atoms in total. The zero-order valence-corrected chi connectivity index (χ0v) is 16.1. The molecular weight excluding hydrogens is 352 g/mol. The van der Waals surface area contributed by atoms with Gasteiger partial charge in [0.05, 0.1) is 22.7 Å². The minimum Gasteiger partial charge on any atom is -0.488 e. The number of aromatic nitrogens is 2. The molecule has 2 aromatic heterocycles. The van der Waals surface area contributed by atoms with Crippen molar-refractivity contribution >= 4 is 11.0 Å². The van der Waals surface area contributed by atoms with Crippen LogP contribution in [-0.2, 0) is 20.0 Å². The van der Waals surface area contributed by atoms with Gasteiger partial charge in [0.15, 0.2) is 0 Å². The monoisotopic (exact) mass is 374 g/mol. The first-order valence-corrected chi connectivity index (χ1v) is 9.44. The van der Waals surface area contributed by atoms with E-state index in [-0.39, 0.29) is 11.7 Å². The van der Waals surface area contributed by atoms with Crippen LogP contribution in [0.15, 0.2) is 47.4 Å². The van der Waals surface area contributed by atoms with E-state index in [4.69, 9.17) is 10.00 Å². The van der Waals surface area contributed by atoms with Crippen LogP contribution < -0.4 is 10.3 Å². The van der Waals surface area contributed by atoms with E-state index in [2.05, 4.69) is 22.0 Å². The number of nitrogens with zero attached hydrogens (tertiary/aromatic N) is 4. The summed E-state index contributed by atoms with van der Waals surface area (Å²) in [6, 6.07) is 13.2. The van der Waals surface area contributed by atoms with Gasteiger partial charge in [0.1, 0.15) is 11.9 Å². The number of fused-ring (bicyclic) bond motifs is 1. The Labute approximate surface area is 163 Å². The highest BCUT2D eigenvalue weighted by Gasteiger charge is 2.28. The molecule has 0 unspecified atom stereocenters. The molecule has 28 heavy (non-hydrogen) atoms. The van der Waals surface area contributed by atoms with E-state index in [1.165, 1.54) is 0 Å². The number of ether oxygens (including phenoxy) is 1. The molecule has 3 heterocycles. The molecule has 0 saturated carbocycles. The van der Waals surface area contributed by atoms with E-state index in [0.717, 1.165) is 47.5 Å². The van der Waals surface area contributed by atoms with Crippen LogP contribution in [0.25, 0.3) is 11.0 Å². The number of pyridine rings is 2. The molecule has 1 aromatic carbocycles. The quantitative estimate of drug-likeness (QED) is 0.687. The SMILES string of the molecule is CCc1cc2ncc(CN3CC(Oc4ccc(C#N)cc4)C3)cc2n(C)c1=O. The van der Waals surface area contributed by atoms with Crippen LogP contribution in [0.5, 0.6) is 5.75 Å². The molecule has 0 radical (unpaired) electrons. The summed E-state index contributed by atoms with van der Waals surface area (Å²) >= 11 is 0. The zero-order valence-electron chi connectivity index (χ0n) is 16.1. The lowest BCUT2D eigenvalue weighted by Gasteiger charge is -2.39. The van der Waals surface area contributed by atoms with Crippen molar-refractivity contribution in [1.82, 2.24) is 14.5 Å². The summed E-state index contributed by atoms with van der Waals surface area (Å²) in [4.78, 5) is 19.2. The topological polar surface area (TPSA) is 71.2 Å². The van der Waals surface area contributed by atoms with E-state index >= 15 is 0 Å². The molecular formula is C22H22N4O2. The van der Waals surface area contributed by atoms with Gasteiger partial charge in [-0.3, -0.25) is 14.7 Å². The minimum atomic E-state index is 0.0498. The smallest absolute Gasteiger partial charge is 0.254 e. The first-order chi connectivity index (χ1) is 13.6. The molecule has 1 saturated heterocycles. The van der Waals surface area contributed by atoms with Gasteiger partial charge in [0, 0.05) is 38.4 Å². The molecule has 6 heteroatoms. The summed E-state index contributed by atoms with van der Waals surface area (Å²) in [6.45, 7) is 4.44. The molecule has 4 rings (SSSR count).